The molecule has 1 aromatic rings. The van der Waals surface area contributed by atoms with E-state index in [1.807, 2.05) is 45.9 Å². The topological polar surface area (TPSA) is 50.7 Å². The van der Waals surface area contributed by atoms with E-state index in [4.69, 9.17) is 4.74 Å². The number of benzene rings is 1. The summed E-state index contributed by atoms with van der Waals surface area (Å²) in [6.45, 7) is 7.92. The lowest BCUT2D eigenvalue weighted by molar-refractivity contribution is -0.123. The Morgan fingerprint density at radius 3 is 2.78 bits per heavy atom. The van der Waals surface area contributed by atoms with E-state index in [1.165, 1.54) is 5.56 Å². The van der Waals surface area contributed by atoms with Crippen LogP contribution < -0.4 is 10.2 Å². The summed E-state index contributed by atoms with van der Waals surface area (Å²) >= 11 is 0. The van der Waals surface area contributed by atoms with E-state index in [2.05, 4.69) is 10.5 Å². The maximum Gasteiger partial charge on any atom is 0.277 e. The van der Waals surface area contributed by atoms with E-state index in [1.54, 1.807) is 6.21 Å². The molecule has 0 saturated heterocycles. The van der Waals surface area contributed by atoms with Crippen molar-refractivity contribution in [2.75, 3.05) is 6.61 Å². The van der Waals surface area contributed by atoms with Gasteiger partial charge in [0, 0.05) is 6.21 Å². The van der Waals surface area contributed by atoms with Crippen LogP contribution in [0.4, 0.5) is 0 Å². The summed E-state index contributed by atoms with van der Waals surface area (Å²) in [5.74, 6) is 0.779. The molecule has 1 rings (SSSR count). The molecule has 0 spiro atoms. The van der Waals surface area contributed by atoms with Crippen LogP contribution in [0.5, 0.6) is 5.75 Å². The number of hydrogen-bond acceptors (Lipinski definition) is 3. The molecule has 98 valence electrons. The van der Waals surface area contributed by atoms with E-state index in [-0.39, 0.29) is 12.5 Å². The van der Waals surface area contributed by atoms with Crippen LogP contribution in [-0.4, -0.2) is 18.7 Å². The molecule has 4 heteroatoms. The highest BCUT2D eigenvalue weighted by Crippen LogP contribution is 2.18. The molecule has 0 fully saturated rings. The fourth-order valence-corrected chi connectivity index (χ4v) is 1.40. The molecule has 0 aromatic heterocycles. The summed E-state index contributed by atoms with van der Waals surface area (Å²) in [5.41, 5.74) is 4.61. The summed E-state index contributed by atoms with van der Waals surface area (Å²) in [7, 11) is 0. The standard InChI is InChI=1S/C14H20N2O2/c1-10(2)8-15-16-14(17)9-18-13-6-5-11(3)7-12(13)4/h5-8,10H,9H2,1-4H3,(H,16,17)/b15-8+. The highest BCUT2D eigenvalue weighted by molar-refractivity contribution is 5.78. The monoisotopic (exact) mass is 248 g/mol. The number of nitrogens with one attached hydrogen (secondary N) is 1. The van der Waals surface area contributed by atoms with Gasteiger partial charge in [-0.05, 0) is 31.4 Å². The second-order valence-corrected chi connectivity index (χ2v) is 4.61. The molecule has 1 N–H and O–H groups in total. The number of aryl methyl sites for hydroxylation is 2. The number of rotatable bonds is 5. The lowest BCUT2D eigenvalue weighted by atomic mass is 10.1. The van der Waals surface area contributed by atoms with Gasteiger partial charge in [0.2, 0.25) is 0 Å². The van der Waals surface area contributed by atoms with Gasteiger partial charge in [0.1, 0.15) is 5.75 Å². The van der Waals surface area contributed by atoms with Crippen molar-refractivity contribution in [2.45, 2.75) is 27.7 Å². The quantitative estimate of drug-likeness (QED) is 0.642. The molecule has 0 unspecified atom stereocenters. The number of hydrazone groups is 1. The molecule has 0 bridgehead atoms. The van der Waals surface area contributed by atoms with E-state index in [0.717, 1.165) is 11.3 Å². The van der Waals surface area contributed by atoms with Crippen LogP contribution in [0.15, 0.2) is 23.3 Å². The predicted molar refractivity (Wildman–Crippen MR) is 72.9 cm³/mol. The predicted octanol–water partition coefficient (Wildman–Crippen LogP) is 2.44. The average Bonchev–Trinajstić information content (AvgIpc) is 2.27. The minimum Gasteiger partial charge on any atom is -0.483 e. The zero-order chi connectivity index (χ0) is 13.5. The Labute approximate surface area is 108 Å². The van der Waals surface area contributed by atoms with Gasteiger partial charge < -0.3 is 4.74 Å². The van der Waals surface area contributed by atoms with E-state index < -0.39 is 0 Å². The maximum atomic E-state index is 11.4. The van der Waals surface area contributed by atoms with Gasteiger partial charge in [-0.1, -0.05) is 31.5 Å². The molecule has 0 heterocycles. The fourth-order valence-electron chi connectivity index (χ4n) is 1.40. The molecular weight excluding hydrogens is 228 g/mol. The molecular formula is C14H20N2O2. The second-order valence-electron chi connectivity index (χ2n) is 4.61. The normalized spacial score (nSPS) is 10.9. The molecule has 1 aromatic carbocycles. The van der Waals surface area contributed by atoms with Crippen LogP contribution in [0.3, 0.4) is 0 Å². The first-order chi connectivity index (χ1) is 8.49. The zero-order valence-corrected chi connectivity index (χ0v) is 11.4. The highest BCUT2D eigenvalue weighted by atomic mass is 16.5. The van der Waals surface area contributed by atoms with Crippen LogP contribution in [0, 0.1) is 19.8 Å². The van der Waals surface area contributed by atoms with E-state index in [9.17, 15) is 4.79 Å². The Hall–Kier alpha value is -1.84. The maximum absolute atomic E-state index is 11.4. The Morgan fingerprint density at radius 1 is 1.44 bits per heavy atom. The van der Waals surface area contributed by atoms with E-state index in [0.29, 0.717) is 5.92 Å². The molecule has 0 atom stereocenters. The first-order valence-electron chi connectivity index (χ1n) is 6.01. The zero-order valence-electron chi connectivity index (χ0n) is 11.4. The smallest absolute Gasteiger partial charge is 0.277 e. The van der Waals surface area contributed by atoms with Crippen molar-refractivity contribution in [1.29, 1.82) is 0 Å². The summed E-state index contributed by atoms with van der Waals surface area (Å²) in [4.78, 5) is 11.4. The highest BCUT2D eigenvalue weighted by Gasteiger charge is 2.03. The molecule has 0 aliphatic rings. The Kier molecular flexibility index (Phi) is 5.36. The Balaban J connectivity index is 2.43. The van der Waals surface area contributed by atoms with Crippen LogP contribution in [0.25, 0.3) is 0 Å². The molecule has 0 aliphatic carbocycles. The van der Waals surface area contributed by atoms with Crippen molar-refractivity contribution in [2.24, 2.45) is 11.0 Å². The minimum absolute atomic E-state index is 0.0284. The number of carbonyl (C=O) groups is 1. The van der Waals surface area contributed by atoms with Crippen molar-refractivity contribution < 1.29 is 9.53 Å². The van der Waals surface area contributed by atoms with Gasteiger partial charge in [-0.3, -0.25) is 4.79 Å². The average molecular weight is 248 g/mol. The SMILES string of the molecule is Cc1ccc(OCC(=O)N/N=C/C(C)C)c(C)c1. The third-order valence-electron chi connectivity index (χ3n) is 2.25. The second kappa shape index (κ2) is 6.79. The Bertz CT molecular complexity index is 439. The van der Waals surface area contributed by atoms with Gasteiger partial charge in [-0.25, -0.2) is 5.43 Å². The van der Waals surface area contributed by atoms with Crippen molar-refractivity contribution in [3.05, 3.63) is 29.3 Å². The molecule has 4 nitrogen and oxygen atoms in total. The van der Waals surface area contributed by atoms with Gasteiger partial charge in [-0.2, -0.15) is 5.10 Å². The summed E-state index contributed by atoms with van der Waals surface area (Å²) in [6.07, 6.45) is 1.68. The van der Waals surface area contributed by atoms with Gasteiger partial charge in [0.05, 0.1) is 0 Å². The Morgan fingerprint density at radius 2 is 2.17 bits per heavy atom. The third-order valence-corrected chi connectivity index (χ3v) is 2.25. The number of amides is 1. The first kappa shape index (κ1) is 14.2. The molecule has 0 saturated carbocycles. The van der Waals surface area contributed by atoms with E-state index >= 15 is 0 Å². The van der Waals surface area contributed by atoms with Gasteiger partial charge in [-0.15, -0.1) is 0 Å². The number of nitrogens with zero attached hydrogens (tertiary/aromatic N) is 1. The summed E-state index contributed by atoms with van der Waals surface area (Å²) in [6, 6.07) is 5.84. The van der Waals surface area contributed by atoms with Crippen molar-refractivity contribution in [3.63, 3.8) is 0 Å². The van der Waals surface area contributed by atoms with Crippen molar-refractivity contribution in [1.82, 2.24) is 5.43 Å². The molecule has 0 aliphatic heterocycles. The summed E-state index contributed by atoms with van der Waals surface area (Å²) < 4.78 is 5.43. The first-order valence-corrected chi connectivity index (χ1v) is 6.01. The minimum atomic E-state index is -0.258. The van der Waals surface area contributed by atoms with Crippen LogP contribution in [-0.2, 0) is 4.79 Å². The fraction of sp³-hybridized carbons (Fsp3) is 0.429. The molecule has 1 amide bonds. The van der Waals surface area contributed by atoms with Crippen molar-refractivity contribution >= 4 is 12.1 Å². The van der Waals surface area contributed by atoms with Crippen LogP contribution in [0.2, 0.25) is 0 Å². The number of carbonyl (C=O) groups excluding carboxylic acids is 1. The largest absolute Gasteiger partial charge is 0.483 e. The van der Waals surface area contributed by atoms with Crippen molar-refractivity contribution in [3.8, 4) is 5.75 Å². The number of hydrogen-bond donors (Lipinski definition) is 1. The van der Waals surface area contributed by atoms with Crippen LogP contribution in [0.1, 0.15) is 25.0 Å². The number of ether oxygens (including phenoxy) is 1. The molecule has 18 heavy (non-hydrogen) atoms. The summed E-state index contributed by atoms with van der Waals surface area (Å²) in [5, 5.41) is 3.82. The van der Waals surface area contributed by atoms with Gasteiger partial charge in [0.15, 0.2) is 6.61 Å². The van der Waals surface area contributed by atoms with Crippen LogP contribution >= 0.6 is 0 Å². The lowest BCUT2D eigenvalue weighted by Crippen LogP contribution is -2.25. The third kappa shape index (κ3) is 4.99. The van der Waals surface area contributed by atoms with Gasteiger partial charge in [0.25, 0.3) is 5.91 Å². The molecule has 0 radical (unpaired) electrons. The van der Waals surface area contributed by atoms with Gasteiger partial charge >= 0.3 is 0 Å². The lowest BCUT2D eigenvalue weighted by Gasteiger charge is -2.08.